The maximum atomic E-state index is 9.02. The first-order valence-electron chi connectivity index (χ1n) is 4.61. The number of hydrogen-bond donors (Lipinski definition) is 1. The number of pyridine rings is 1. The van der Waals surface area contributed by atoms with Gasteiger partial charge in [0.25, 0.3) is 0 Å². The average molecular weight is 220 g/mol. The Morgan fingerprint density at radius 3 is 2.80 bits per heavy atom. The van der Waals surface area contributed by atoms with Gasteiger partial charge in [-0.05, 0) is 23.8 Å². The van der Waals surface area contributed by atoms with Crippen molar-refractivity contribution in [1.29, 1.82) is 0 Å². The number of rotatable bonds is 2. The summed E-state index contributed by atoms with van der Waals surface area (Å²) in [6, 6.07) is 11.1. The van der Waals surface area contributed by atoms with Gasteiger partial charge in [0.05, 0.1) is 12.3 Å². The molecular formula is C12H10ClNO. The molecule has 2 rings (SSSR count). The third-order valence-corrected chi connectivity index (χ3v) is 2.36. The first kappa shape index (κ1) is 10.1. The smallest absolute Gasteiger partial charge is 0.0716 e. The van der Waals surface area contributed by atoms with Crippen molar-refractivity contribution in [1.82, 2.24) is 4.98 Å². The van der Waals surface area contributed by atoms with Gasteiger partial charge in [-0.1, -0.05) is 29.8 Å². The van der Waals surface area contributed by atoms with Crippen LogP contribution in [0.25, 0.3) is 11.3 Å². The monoisotopic (exact) mass is 219 g/mol. The van der Waals surface area contributed by atoms with Crippen LogP contribution in [-0.4, -0.2) is 10.1 Å². The second-order valence-corrected chi connectivity index (χ2v) is 3.65. The lowest BCUT2D eigenvalue weighted by molar-refractivity contribution is 0.282. The zero-order valence-electron chi connectivity index (χ0n) is 8.02. The molecule has 0 fully saturated rings. The van der Waals surface area contributed by atoms with Crippen LogP contribution in [0.15, 0.2) is 42.6 Å². The number of aliphatic hydroxyl groups is 1. The number of nitrogens with zero attached hydrogens (tertiary/aromatic N) is 1. The molecule has 0 unspecified atom stereocenters. The van der Waals surface area contributed by atoms with Crippen LogP contribution < -0.4 is 0 Å². The molecule has 0 aliphatic rings. The normalized spacial score (nSPS) is 10.3. The van der Waals surface area contributed by atoms with E-state index in [1.165, 1.54) is 0 Å². The SMILES string of the molecule is OCc1cccc(-c2cc(Cl)ccn2)c1. The van der Waals surface area contributed by atoms with Crippen molar-refractivity contribution in [3.8, 4) is 11.3 Å². The van der Waals surface area contributed by atoms with Crippen LogP contribution >= 0.6 is 11.6 Å². The summed E-state index contributed by atoms with van der Waals surface area (Å²) >= 11 is 5.88. The van der Waals surface area contributed by atoms with Gasteiger partial charge in [0.2, 0.25) is 0 Å². The van der Waals surface area contributed by atoms with E-state index in [-0.39, 0.29) is 6.61 Å². The molecule has 0 bridgehead atoms. The molecule has 1 aromatic carbocycles. The van der Waals surface area contributed by atoms with Gasteiger partial charge in [0, 0.05) is 16.8 Å². The van der Waals surface area contributed by atoms with Gasteiger partial charge in [-0.3, -0.25) is 4.98 Å². The van der Waals surface area contributed by atoms with Gasteiger partial charge in [0.1, 0.15) is 0 Å². The third kappa shape index (κ3) is 2.35. The Hall–Kier alpha value is -1.38. The van der Waals surface area contributed by atoms with E-state index in [9.17, 15) is 0 Å². The average Bonchev–Trinajstić information content (AvgIpc) is 2.29. The minimum atomic E-state index is 0.0361. The van der Waals surface area contributed by atoms with Crippen molar-refractivity contribution in [3.05, 3.63) is 53.2 Å². The Kier molecular flexibility index (Phi) is 2.99. The van der Waals surface area contributed by atoms with E-state index in [2.05, 4.69) is 4.98 Å². The standard InChI is InChI=1S/C12H10ClNO/c13-11-4-5-14-12(7-11)10-3-1-2-9(6-10)8-15/h1-7,15H,8H2. The Morgan fingerprint density at radius 1 is 1.20 bits per heavy atom. The quantitative estimate of drug-likeness (QED) is 0.843. The molecule has 0 amide bonds. The summed E-state index contributed by atoms with van der Waals surface area (Å²) in [6.07, 6.45) is 1.67. The fraction of sp³-hybridized carbons (Fsp3) is 0.0833. The second-order valence-electron chi connectivity index (χ2n) is 3.22. The number of aromatic nitrogens is 1. The Balaban J connectivity index is 2.44. The molecule has 3 heteroatoms. The van der Waals surface area contributed by atoms with Gasteiger partial charge in [-0.2, -0.15) is 0 Å². The zero-order chi connectivity index (χ0) is 10.7. The fourth-order valence-corrected chi connectivity index (χ4v) is 1.55. The molecule has 0 saturated carbocycles. The number of benzene rings is 1. The van der Waals surface area contributed by atoms with Crippen LogP contribution in [0.1, 0.15) is 5.56 Å². The molecule has 0 spiro atoms. The molecule has 0 aliphatic heterocycles. The van der Waals surface area contributed by atoms with E-state index in [4.69, 9.17) is 16.7 Å². The highest BCUT2D eigenvalue weighted by atomic mass is 35.5. The molecular weight excluding hydrogens is 210 g/mol. The summed E-state index contributed by atoms with van der Waals surface area (Å²) < 4.78 is 0. The molecule has 0 atom stereocenters. The predicted octanol–water partition coefficient (Wildman–Crippen LogP) is 2.89. The van der Waals surface area contributed by atoms with Crippen molar-refractivity contribution in [2.45, 2.75) is 6.61 Å². The summed E-state index contributed by atoms with van der Waals surface area (Å²) in [5.41, 5.74) is 2.65. The largest absolute Gasteiger partial charge is 0.392 e. The molecule has 0 radical (unpaired) electrons. The molecule has 1 N–H and O–H groups in total. The minimum absolute atomic E-state index is 0.0361. The van der Waals surface area contributed by atoms with Crippen molar-refractivity contribution >= 4 is 11.6 Å². The zero-order valence-corrected chi connectivity index (χ0v) is 8.78. The molecule has 76 valence electrons. The first-order valence-corrected chi connectivity index (χ1v) is 4.99. The van der Waals surface area contributed by atoms with E-state index in [1.807, 2.05) is 24.3 Å². The van der Waals surface area contributed by atoms with E-state index >= 15 is 0 Å². The van der Waals surface area contributed by atoms with E-state index < -0.39 is 0 Å². The lowest BCUT2D eigenvalue weighted by atomic mass is 10.1. The summed E-state index contributed by atoms with van der Waals surface area (Å²) in [7, 11) is 0. The lowest BCUT2D eigenvalue weighted by Gasteiger charge is -2.02. The van der Waals surface area contributed by atoms with Gasteiger partial charge in [0.15, 0.2) is 0 Å². The van der Waals surface area contributed by atoms with Crippen LogP contribution in [0, 0.1) is 0 Å². The molecule has 2 nitrogen and oxygen atoms in total. The molecule has 15 heavy (non-hydrogen) atoms. The van der Waals surface area contributed by atoms with Gasteiger partial charge in [-0.15, -0.1) is 0 Å². The summed E-state index contributed by atoms with van der Waals surface area (Å²) in [4.78, 5) is 4.22. The van der Waals surface area contributed by atoms with Crippen LogP contribution in [0.4, 0.5) is 0 Å². The number of hydrogen-bond acceptors (Lipinski definition) is 2. The Labute approximate surface area is 93.2 Å². The minimum Gasteiger partial charge on any atom is -0.392 e. The highest BCUT2D eigenvalue weighted by molar-refractivity contribution is 6.30. The summed E-state index contributed by atoms with van der Waals surface area (Å²) in [5, 5.41) is 9.68. The van der Waals surface area contributed by atoms with Crippen molar-refractivity contribution in [2.75, 3.05) is 0 Å². The summed E-state index contributed by atoms with van der Waals surface area (Å²) in [5.74, 6) is 0. The highest BCUT2D eigenvalue weighted by Crippen LogP contribution is 2.20. The van der Waals surface area contributed by atoms with E-state index in [0.717, 1.165) is 16.8 Å². The Bertz CT molecular complexity index is 471. The third-order valence-electron chi connectivity index (χ3n) is 2.13. The van der Waals surface area contributed by atoms with Crippen molar-refractivity contribution in [3.63, 3.8) is 0 Å². The summed E-state index contributed by atoms with van der Waals surface area (Å²) in [6.45, 7) is 0.0361. The molecule has 0 aliphatic carbocycles. The topological polar surface area (TPSA) is 33.1 Å². The van der Waals surface area contributed by atoms with E-state index in [0.29, 0.717) is 5.02 Å². The lowest BCUT2D eigenvalue weighted by Crippen LogP contribution is -1.86. The molecule has 0 saturated heterocycles. The number of aliphatic hydroxyl groups excluding tert-OH is 1. The van der Waals surface area contributed by atoms with Gasteiger partial charge >= 0.3 is 0 Å². The molecule has 1 aromatic heterocycles. The molecule has 1 heterocycles. The Morgan fingerprint density at radius 2 is 2.07 bits per heavy atom. The maximum absolute atomic E-state index is 9.02. The highest BCUT2D eigenvalue weighted by Gasteiger charge is 2.00. The van der Waals surface area contributed by atoms with Crippen LogP contribution in [0.2, 0.25) is 5.02 Å². The van der Waals surface area contributed by atoms with Crippen LogP contribution in [0.3, 0.4) is 0 Å². The predicted molar refractivity (Wildman–Crippen MR) is 60.6 cm³/mol. The maximum Gasteiger partial charge on any atom is 0.0716 e. The molecule has 2 aromatic rings. The van der Waals surface area contributed by atoms with Crippen LogP contribution in [0.5, 0.6) is 0 Å². The number of halogens is 1. The second kappa shape index (κ2) is 4.43. The van der Waals surface area contributed by atoms with E-state index in [1.54, 1.807) is 18.3 Å². The van der Waals surface area contributed by atoms with Crippen molar-refractivity contribution < 1.29 is 5.11 Å². The van der Waals surface area contributed by atoms with Crippen molar-refractivity contribution in [2.24, 2.45) is 0 Å². The van der Waals surface area contributed by atoms with Crippen LogP contribution in [-0.2, 0) is 6.61 Å². The fourth-order valence-electron chi connectivity index (χ4n) is 1.39. The first-order chi connectivity index (χ1) is 7.29. The van der Waals surface area contributed by atoms with Gasteiger partial charge in [-0.25, -0.2) is 0 Å². The van der Waals surface area contributed by atoms with Gasteiger partial charge < -0.3 is 5.11 Å².